The van der Waals surface area contributed by atoms with Crippen molar-refractivity contribution in [3.8, 4) is 5.75 Å². The molecule has 5 heteroatoms. The normalized spacial score (nSPS) is 9.62. The second kappa shape index (κ2) is 4.59. The monoisotopic (exact) mass is 220 g/mol. The van der Waals surface area contributed by atoms with E-state index in [1.165, 1.54) is 19.1 Å². The average molecular weight is 220 g/mol. The van der Waals surface area contributed by atoms with E-state index in [2.05, 4.69) is 6.58 Å². The summed E-state index contributed by atoms with van der Waals surface area (Å²) < 4.78 is 0. The Morgan fingerprint density at radius 1 is 1.38 bits per heavy atom. The van der Waals surface area contributed by atoms with E-state index in [1.54, 1.807) is 12.1 Å². The smallest absolute Gasteiger partial charge is 0.278 e. The molecule has 0 aliphatic heterocycles. The van der Waals surface area contributed by atoms with Gasteiger partial charge < -0.3 is 5.11 Å². The predicted molar refractivity (Wildman–Crippen MR) is 58.3 cm³/mol. The molecule has 1 rings (SSSR count). The van der Waals surface area contributed by atoms with Crippen molar-refractivity contribution < 1.29 is 14.7 Å². The second-order valence-electron chi connectivity index (χ2n) is 3.28. The van der Waals surface area contributed by atoms with E-state index < -0.39 is 11.8 Å². The van der Waals surface area contributed by atoms with E-state index in [4.69, 9.17) is 5.84 Å². The van der Waals surface area contributed by atoms with Crippen LogP contribution in [0.5, 0.6) is 5.75 Å². The molecule has 0 heterocycles. The van der Waals surface area contributed by atoms with E-state index in [1.807, 2.05) is 0 Å². The summed E-state index contributed by atoms with van der Waals surface area (Å²) in [6, 6.07) is 5.84. The molecule has 2 amide bonds. The number of benzene rings is 1. The number of hydrogen-bond acceptors (Lipinski definition) is 4. The Morgan fingerprint density at radius 2 is 1.94 bits per heavy atom. The van der Waals surface area contributed by atoms with Crippen LogP contribution < -0.4 is 5.84 Å². The maximum absolute atomic E-state index is 11.7. The number of imide groups is 1. The number of aromatic hydroxyl groups is 1. The summed E-state index contributed by atoms with van der Waals surface area (Å²) in [5.41, 5.74) is 0.117. The molecule has 1 aromatic carbocycles. The van der Waals surface area contributed by atoms with Crippen LogP contribution in [0.3, 0.4) is 0 Å². The summed E-state index contributed by atoms with van der Waals surface area (Å²) in [6.07, 6.45) is 0. The van der Waals surface area contributed by atoms with Gasteiger partial charge in [-0.25, -0.2) is 10.9 Å². The number of nitrogens with two attached hydrogens (primary N) is 1. The molecule has 0 saturated carbocycles. The maximum atomic E-state index is 11.7. The van der Waals surface area contributed by atoms with Gasteiger partial charge in [0.05, 0.1) is 5.56 Å². The van der Waals surface area contributed by atoms with Crippen molar-refractivity contribution in [2.75, 3.05) is 0 Å². The van der Waals surface area contributed by atoms with E-state index in [9.17, 15) is 14.7 Å². The number of para-hydroxylation sites is 1. The third-order valence-electron chi connectivity index (χ3n) is 1.94. The Labute approximate surface area is 92.8 Å². The van der Waals surface area contributed by atoms with Crippen molar-refractivity contribution in [2.24, 2.45) is 5.84 Å². The van der Waals surface area contributed by atoms with Crippen LogP contribution in [0.4, 0.5) is 0 Å². The Bertz CT molecular complexity index is 454. The van der Waals surface area contributed by atoms with E-state index >= 15 is 0 Å². The molecule has 3 N–H and O–H groups in total. The van der Waals surface area contributed by atoms with Gasteiger partial charge in [0.25, 0.3) is 11.8 Å². The molecule has 0 aliphatic rings. The number of phenolic OH excluding ortho intramolecular Hbond substituents is 1. The largest absolute Gasteiger partial charge is 0.507 e. The number of phenols is 1. The van der Waals surface area contributed by atoms with Gasteiger partial charge in [-0.2, -0.15) is 0 Å². The Hall–Kier alpha value is -2.14. The van der Waals surface area contributed by atoms with Gasteiger partial charge >= 0.3 is 0 Å². The molecule has 0 aromatic heterocycles. The van der Waals surface area contributed by atoms with Gasteiger partial charge in [-0.15, -0.1) is 0 Å². The Balaban J connectivity index is 3.00. The number of carbonyl (C=O) groups excluding carboxylic acids is 2. The summed E-state index contributed by atoms with van der Waals surface area (Å²) >= 11 is 0. The number of hydrogen-bond donors (Lipinski definition) is 2. The Kier molecular flexibility index (Phi) is 3.42. The highest BCUT2D eigenvalue weighted by Crippen LogP contribution is 2.17. The number of amides is 2. The topological polar surface area (TPSA) is 83.6 Å². The van der Waals surface area contributed by atoms with Gasteiger partial charge in [-0.1, -0.05) is 18.7 Å². The first-order valence-corrected chi connectivity index (χ1v) is 4.52. The van der Waals surface area contributed by atoms with E-state index in [0.717, 1.165) is 0 Å². The third kappa shape index (κ3) is 2.26. The van der Waals surface area contributed by atoms with Crippen LogP contribution in [0.15, 0.2) is 36.4 Å². The molecule has 1 aromatic rings. The molecule has 16 heavy (non-hydrogen) atoms. The molecule has 0 atom stereocenters. The summed E-state index contributed by atoms with van der Waals surface area (Å²) in [6.45, 7) is 4.83. The van der Waals surface area contributed by atoms with Crippen LogP contribution in [0.25, 0.3) is 0 Å². The molecular formula is C11H12N2O3. The second-order valence-corrected chi connectivity index (χ2v) is 3.28. The first-order valence-electron chi connectivity index (χ1n) is 4.52. The molecule has 84 valence electrons. The zero-order chi connectivity index (χ0) is 12.3. The fourth-order valence-electron chi connectivity index (χ4n) is 1.08. The van der Waals surface area contributed by atoms with Crippen molar-refractivity contribution in [3.05, 3.63) is 42.0 Å². The zero-order valence-corrected chi connectivity index (χ0v) is 8.80. The minimum atomic E-state index is -0.772. The van der Waals surface area contributed by atoms with Crippen LogP contribution in [-0.4, -0.2) is 21.9 Å². The van der Waals surface area contributed by atoms with Gasteiger partial charge in [0, 0.05) is 5.57 Å². The van der Waals surface area contributed by atoms with E-state index in [0.29, 0.717) is 5.01 Å². The average Bonchev–Trinajstić information content (AvgIpc) is 2.26. The highest BCUT2D eigenvalue weighted by Gasteiger charge is 2.21. The molecule has 0 radical (unpaired) electrons. The van der Waals surface area contributed by atoms with Crippen molar-refractivity contribution >= 4 is 11.8 Å². The Morgan fingerprint density at radius 3 is 2.44 bits per heavy atom. The number of nitrogens with zero attached hydrogens (tertiary/aromatic N) is 1. The van der Waals surface area contributed by atoms with Crippen LogP contribution in [0.1, 0.15) is 17.3 Å². The summed E-state index contributed by atoms with van der Waals surface area (Å²) in [5.74, 6) is 3.64. The highest BCUT2D eigenvalue weighted by molar-refractivity contribution is 6.09. The number of carbonyl (C=O) groups is 2. The lowest BCUT2D eigenvalue weighted by Crippen LogP contribution is -2.42. The van der Waals surface area contributed by atoms with Crippen LogP contribution in [0.2, 0.25) is 0 Å². The number of hydrazine groups is 1. The van der Waals surface area contributed by atoms with Crippen LogP contribution in [-0.2, 0) is 4.79 Å². The van der Waals surface area contributed by atoms with Gasteiger partial charge in [-0.05, 0) is 19.1 Å². The first-order chi connectivity index (χ1) is 7.45. The maximum Gasteiger partial charge on any atom is 0.278 e. The minimum absolute atomic E-state index is 0.0281. The number of rotatable bonds is 2. The van der Waals surface area contributed by atoms with Gasteiger partial charge in [0.15, 0.2) is 0 Å². The van der Waals surface area contributed by atoms with Crippen molar-refractivity contribution in [3.63, 3.8) is 0 Å². The van der Waals surface area contributed by atoms with E-state index in [-0.39, 0.29) is 16.9 Å². The van der Waals surface area contributed by atoms with Gasteiger partial charge in [0.1, 0.15) is 5.75 Å². The van der Waals surface area contributed by atoms with Crippen LogP contribution in [0, 0.1) is 0 Å². The van der Waals surface area contributed by atoms with Gasteiger partial charge in [0.2, 0.25) is 0 Å². The molecule has 0 spiro atoms. The molecule has 5 nitrogen and oxygen atoms in total. The zero-order valence-electron chi connectivity index (χ0n) is 8.80. The molecule has 0 bridgehead atoms. The lowest BCUT2D eigenvalue weighted by Gasteiger charge is -2.14. The molecule has 0 unspecified atom stereocenters. The molecule has 0 aliphatic carbocycles. The fraction of sp³-hybridized carbons (Fsp3) is 0.0909. The predicted octanol–water partition coefficient (Wildman–Crippen LogP) is 0.811. The summed E-state index contributed by atoms with van der Waals surface area (Å²) in [7, 11) is 0. The van der Waals surface area contributed by atoms with Gasteiger partial charge in [-0.3, -0.25) is 9.59 Å². The standard InChI is InChI=1S/C11H12N2O3/c1-7(2)10(15)13(12)11(16)8-5-3-4-6-9(8)14/h3-6,14H,1,12H2,2H3. The summed E-state index contributed by atoms with van der Waals surface area (Å²) in [4.78, 5) is 23.1. The SMILES string of the molecule is C=C(C)C(=O)N(N)C(=O)c1ccccc1O. The van der Waals surface area contributed by atoms with Crippen LogP contribution >= 0.6 is 0 Å². The lowest BCUT2D eigenvalue weighted by atomic mass is 10.2. The fourth-order valence-corrected chi connectivity index (χ4v) is 1.08. The lowest BCUT2D eigenvalue weighted by molar-refractivity contribution is -0.124. The molecule has 0 saturated heterocycles. The first kappa shape index (κ1) is 11.9. The van der Waals surface area contributed by atoms with Crippen molar-refractivity contribution in [1.82, 2.24) is 5.01 Å². The summed E-state index contributed by atoms with van der Waals surface area (Å²) in [5, 5.41) is 9.84. The highest BCUT2D eigenvalue weighted by atomic mass is 16.3. The van der Waals surface area contributed by atoms with Crippen molar-refractivity contribution in [2.45, 2.75) is 6.92 Å². The minimum Gasteiger partial charge on any atom is -0.507 e. The molecule has 0 fully saturated rings. The quantitative estimate of drug-likeness (QED) is 0.334. The van der Waals surface area contributed by atoms with Crippen molar-refractivity contribution in [1.29, 1.82) is 0 Å². The molecular weight excluding hydrogens is 208 g/mol. The third-order valence-corrected chi connectivity index (χ3v) is 1.94.